The lowest BCUT2D eigenvalue weighted by Gasteiger charge is -2.09. The monoisotopic (exact) mass is 203 g/mol. The second kappa shape index (κ2) is 4.19. The molecule has 0 saturated carbocycles. The molecule has 0 bridgehead atoms. The summed E-state index contributed by atoms with van der Waals surface area (Å²) in [4.78, 5) is 0. The average molecular weight is 203 g/mol. The van der Waals surface area contributed by atoms with Crippen LogP contribution >= 0.6 is 0 Å². The van der Waals surface area contributed by atoms with Crippen molar-refractivity contribution >= 4 is 16.5 Å². The quantitative estimate of drug-likeness (QED) is 0.615. The van der Waals surface area contributed by atoms with Gasteiger partial charge in [0.1, 0.15) is 5.75 Å². The van der Waals surface area contributed by atoms with Crippen LogP contribution in [-0.2, 0) is 4.74 Å². The number of ether oxygens (including phenoxy) is 2. The van der Waals surface area contributed by atoms with E-state index in [1.54, 1.807) is 7.11 Å². The standard InChI is InChI=1S/C12H13NO2/c1-14-8-15-12-7-6-11(13)9-4-2-3-5-10(9)12/h2-7H,8,13H2,1H3. The SMILES string of the molecule is COCOc1ccc(N)c2ccccc12. The van der Waals surface area contributed by atoms with Gasteiger partial charge in [-0.25, -0.2) is 0 Å². The van der Waals surface area contributed by atoms with E-state index < -0.39 is 0 Å². The Bertz CT molecular complexity index is 468. The van der Waals surface area contributed by atoms with Gasteiger partial charge < -0.3 is 15.2 Å². The highest BCUT2D eigenvalue weighted by Crippen LogP contribution is 2.29. The van der Waals surface area contributed by atoms with E-state index in [2.05, 4.69) is 0 Å². The Morgan fingerprint density at radius 1 is 1.07 bits per heavy atom. The van der Waals surface area contributed by atoms with Crippen LogP contribution in [0.4, 0.5) is 5.69 Å². The zero-order valence-electron chi connectivity index (χ0n) is 8.57. The number of nitrogen functional groups attached to an aromatic ring is 1. The highest BCUT2D eigenvalue weighted by molar-refractivity contribution is 5.96. The number of benzene rings is 2. The molecule has 2 aromatic carbocycles. The van der Waals surface area contributed by atoms with Gasteiger partial charge in [-0.15, -0.1) is 0 Å². The summed E-state index contributed by atoms with van der Waals surface area (Å²) in [5.41, 5.74) is 6.63. The number of methoxy groups -OCH3 is 1. The Morgan fingerprint density at radius 2 is 1.80 bits per heavy atom. The zero-order valence-corrected chi connectivity index (χ0v) is 8.57. The molecule has 0 amide bonds. The van der Waals surface area contributed by atoms with E-state index in [0.717, 1.165) is 22.2 Å². The summed E-state index contributed by atoms with van der Waals surface area (Å²) in [7, 11) is 1.60. The lowest BCUT2D eigenvalue weighted by Crippen LogP contribution is -1.99. The first-order valence-electron chi connectivity index (χ1n) is 4.72. The van der Waals surface area contributed by atoms with Gasteiger partial charge in [0, 0.05) is 23.6 Å². The van der Waals surface area contributed by atoms with Crippen LogP contribution in [0.3, 0.4) is 0 Å². The minimum absolute atomic E-state index is 0.244. The Kier molecular flexibility index (Phi) is 2.74. The summed E-state index contributed by atoms with van der Waals surface area (Å²) >= 11 is 0. The van der Waals surface area contributed by atoms with Crippen LogP contribution in [0.1, 0.15) is 0 Å². The van der Waals surface area contributed by atoms with E-state index in [4.69, 9.17) is 15.2 Å². The molecule has 0 aliphatic rings. The van der Waals surface area contributed by atoms with Gasteiger partial charge in [-0.2, -0.15) is 0 Å². The summed E-state index contributed by atoms with van der Waals surface area (Å²) in [5, 5.41) is 2.01. The van der Waals surface area contributed by atoms with Crippen molar-refractivity contribution < 1.29 is 9.47 Å². The van der Waals surface area contributed by atoms with Crippen LogP contribution in [0.5, 0.6) is 5.75 Å². The summed E-state index contributed by atoms with van der Waals surface area (Å²) in [5.74, 6) is 0.793. The van der Waals surface area contributed by atoms with Crippen molar-refractivity contribution in [2.75, 3.05) is 19.6 Å². The molecule has 3 heteroatoms. The van der Waals surface area contributed by atoms with Gasteiger partial charge in [-0.05, 0) is 12.1 Å². The van der Waals surface area contributed by atoms with Crippen molar-refractivity contribution in [3.05, 3.63) is 36.4 Å². The first-order valence-corrected chi connectivity index (χ1v) is 4.72. The highest BCUT2D eigenvalue weighted by Gasteiger charge is 2.03. The van der Waals surface area contributed by atoms with Crippen molar-refractivity contribution in [3.63, 3.8) is 0 Å². The minimum Gasteiger partial charge on any atom is -0.467 e. The van der Waals surface area contributed by atoms with Crippen LogP contribution in [0.2, 0.25) is 0 Å². The van der Waals surface area contributed by atoms with E-state index in [1.165, 1.54) is 0 Å². The molecule has 0 saturated heterocycles. The molecule has 0 atom stereocenters. The Labute approximate surface area is 88.4 Å². The molecule has 15 heavy (non-hydrogen) atoms. The number of rotatable bonds is 3. The first kappa shape index (κ1) is 9.80. The molecule has 0 fully saturated rings. The Balaban J connectivity index is 2.51. The fraction of sp³-hybridized carbons (Fsp3) is 0.167. The molecule has 0 aliphatic heterocycles. The summed E-state index contributed by atoms with van der Waals surface area (Å²) < 4.78 is 10.3. The molecule has 0 aliphatic carbocycles. The van der Waals surface area contributed by atoms with Gasteiger partial charge in [-0.3, -0.25) is 0 Å². The van der Waals surface area contributed by atoms with Gasteiger partial charge in [0.05, 0.1) is 0 Å². The van der Waals surface area contributed by atoms with E-state index >= 15 is 0 Å². The maximum atomic E-state index is 5.87. The number of fused-ring (bicyclic) bond motifs is 1. The van der Waals surface area contributed by atoms with Gasteiger partial charge in [0.15, 0.2) is 6.79 Å². The fourth-order valence-corrected chi connectivity index (χ4v) is 1.54. The predicted molar refractivity (Wildman–Crippen MR) is 60.9 cm³/mol. The summed E-state index contributed by atoms with van der Waals surface area (Å²) in [6, 6.07) is 11.6. The van der Waals surface area contributed by atoms with E-state index in [1.807, 2.05) is 36.4 Å². The van der Waals surface area contributed by atoms with Crippen molar-refractivity contribution in [3.8, 4) is 5.75 Å². The van der Waals surface area contributed by atoms with Crippen LogP contribution in [0, 0.1) is 0 Å². The molecule has 3 nitrogen and oxygen atoms in total. The molecule has 0 spiro atoms. The molecule has 0 radical (unpaired) electrons. The first-order chi connectivity index (χ1) is 7.33. The lowest BCUT2D eigenvalue weighted by molar-refractivity contribution is 0.0522. The molecule has 2 N–H and O–H groups in total. The van der Waals surface area contributed by atoms with E-state index in [9.17, 15) is 0 Å². The third kappa shape index (κ3) is 1.87. The van der Waals surface area contributed by atoms with E-state index in [0.29, 0.717) is 0 Å². The lowest BCUT2D eigenvalue weighted by atomic mass is 10.1. The van der Waals surface area contributed by atoms with Crippen molar-refractivity contribution in [1.29, 1.82) is 0 Å². The second-order valence-corrected chi connectivity index (χ2v) is 3.25. The van der Waals surface area contributed by atoms with E-state index in [-0.39, 0.29) is 6.79 Å². The second-order valence-electron chi connectivity index (χ2n) is 3.25. The Morgan fingerprint density at radius 3 is 2.53 bits per heavy atom. The number of hydrogen-bond donors (Lipinski definition) is 1. The number of hydrogen-bond acceptors (Lipinski definition) is 3. The molecule has 0 heterocycles. The average Bonchev–Trinajstić information content (AvgIpc) is 2.29. The minimum atomic E-state index is 0.244. The van der Waals surface area contributed by atoms with Gasteiger partial charge in [-0.1, -0.05) is 24.3 Å². The molecular formula is C12H13NO2. The van der Waals surface area contributed by atoms with Crippen LogP contribution in [0.15, 0.2) is 36.4 Å². The number of nitrogens with two attached hydrogens (primary N) is 1. The fourth-order valence-electron chi connectivity index (χ4n) is 1.54. The van der Waals surface area contributed by atoms with Crippen molar-refractivity contribution in [2.45, 2.75) is 0 Å². The third-order valence-electron chi connectivity index (χ3n) is 2.25. The molecule has 0 aromatic heterocycles. The molecule has 0 unspecified atom stereocenters. The van der Waals surface area contributed by atoms with Crippen molar-refractivity contribution in [2.24, 2.45) is 0 Å². The van der Waals surface area contributed by atoms with Crippen LogP contribution in [0.25, 0.3) is 10.8 Å². The smallest absolute Gasteiger partial charge is 0.188 e. The number of anilines is 1. The summed E-state index contributed by atoms with van der Waals surface area (Å²) in [6.07, 6.45) is 0. The van der Waals surface area contributed by atoms with Crippen LogP contribution < -0.4 is 10.5 Å². The molecular weight excluding hydrogens is 190 g/mol. The largest absolute Gasteiger partial charge is 0.467 e. The topological polar surface area (TPSA) is 44.5 Å². The summed E-state index contributed by atoms with van der Waals surface area (Å²) in [6.45, 7) is 0.244. The molecule has 78 valence electrons. The third-order valence-corrected chi connectivity index (χ3v) is 2.25. The zero-order chi connectivity index (χ0) is 10.7. The maximum Gasteiger partial charge on any atom is 0.188 e. The van der Waals surface area contributed by atoms with Gasteiger partial charge in [0.2, 0.25) is 0 Å². The molecule has 2 rings (SSSR count). The normalized spacial score (nSPS) is 10.5. The molecule has 2 aromatic rings. The van der Waals surface area contributed by atoms with Gasteiger partial charge >= 0.3 is 0 Å². The maximum absolute atomic E-state index is 5.87. The van der Waals surface area contributed by atoms with Crippen molar-refractivity contribution in [1.82, 2.24) is 0 Å². The Hall–Kier alpha value is -1.74. The predicted octanol–water partition coefficient (Wildman–Crippen LogP) is 2.40. The van der Waals surface area contributed by atoms with Crippen LogP contribution in [-0.4, -0.2) is 13.9 Å². The highest BCUT2D eigenvalue weighted by atomic mass is 16.7. The van der Waals surface area contributed by atoms with Gasteiger partial charge in [0.25, 0.3) is 0 Å².